The van der Waals surface area contributed by atoms with Crippen molar-refractivity contribution in [3.63, 3.8) is 0 Å². The Morgan fingerprint density at radius 3 is 3.05 bits per heavy atom. The Labute approximate surface area is 122 Å². The molecule has 1 atom stereocenters. The van der Waals surface area contributed by atoms with E-state index in [0.717, 1.165) is 30.9 Å². The van der Waals surface area contributed by atoms with Crippen molar-refractivity contribution < 1.29 is 4.79 Å². The van der Waals surface area contributed by atoms with Crippen LogP contribution in [-0.2, 0) is 0 Å². The first-order valence-electron chi connectivity index (χ1n) is 6.85. The van der Waals surface area contributed by atoms with Crippen molar-refractivity contribution >= 4 is 17.2 Å². The van der Waals surface area contributed by atoms with E-state index in [0.29, 0.717) is 11.5 Å². The number of pyridine rings is 1. The highest BCUT2D eigenvalue weighted by atomic mass is 32.1. The number of piperidine rings is 1. The van der Waals surface area contributed by atoms with Gasteiger partial charge < -0.3 is 4.90 Å². The molecular weight excluding hydrogens is 270 g/mol. The fourth-order valence-corrected chi connectivity index (χ4v) is 3.50. The van der Waals surface area contributed by atoms with Gasteiger partial charge in [0.15, 0.2) is 0 Å². The summed E-state index contributed by atoms with van der Waals surface area (Å²) < 4.78 is 0. The summed E-state index contributed by atoms with van der Waals surface area (Å²) in [5.74, 6) is 0.458. The Balaban J connectivity index is 1.74. The summed E-state index contributed by atoms with van der Waals surface area (Å²) in [6.07, 6.45) is 7.40. The Kier molecular flexibility index (Phi) is 3.78. The number of nitrogens with zero attached hydrogens (tertiary/aromatic N) is 3. The molecule has 0 unspecified atom stereocenters. The number of rotatable bonds is 2. The molecule has 0 saturated carbocycles. The first kappa shape index (κ1) is 13.2. The summed E-state index contributed by atoms with van der Waals surface area (Å²) in [6.45, 7) is 3.66. The van der Waals surface area contributed by atoms with Gasteiger partial charge in [0.2, 0.25) is 0 Å². The number of likely N-dealkylation sites (tertiary alicyclic amines) is 1. The maximum absolute atomic E-state index is 12.5. The smallest absolute Gasteiger partial charge is 0.255 e. The highest BCUT2D eigenvalue weighted by Crippen LogP contribution is 2.30. The van der Waals surface area contributed by atoms with Gasteiger partial charge in [0.25, 0.3) is 5.91 Å². The van der Waals surface area contributed by atoms with Gasteiger partial charge in [-0.2, -0.15) is 0 Å². The Morgan fingerprint density at radius 2 is 2.35 bits per heavy atom. The van der Waals surface area contributed by atoms with Gasteiger partial charge >= 0.3 is 0 Å². The third-order valence-electron chi connectivity index (χ3n) is 3.61. The van der Waals surface area contributed by atoms with Crippen LogP contribution >= 0.6 is 11.3 Å². The number of hydrogen-bond donors (Lipinski definition) is 0. The molecule has 104 valence electrons. The number of thiazole rings is 1. The molecule has 1 fully saturated rings. The molecule has 5 heteroatoms. The van der Waals surface area contributed by atoms with Gasteiger partial charge in [-0.3, -0.25) is 9.78 Å². The summed E-state index contributed by atoms with van der Waals surface area (Å²) in [5.41, 5.74) is 0.670. The summed E-state index contributed by atoms with van der Waals surface area (Å²) in [7, 11) is 0. The quantitative estimate of drug-likeness (QED) is 0.853. The second-order valence-corrected chi connectivity index (χ2v) is 6.41. The molecule has 2 aromatic heterocycles. The van der Waals surface area contributed by atoms with Crippen LogP contribution in [0.3, 0.4) is 0 Å². The average Bonchev–Trinajstić information content (AvgIpc) is 2.94. The highest BCUT2D eigenvalue weighted by Gasteiger charge is 2.27. The van der Waals surface area contributed by atoms with Crippen molar-refractivity contribution in [2.45, 2.75) is 25.7 Å². The molecule has 0 aromatic carbocycles. The van der Waals surface area contributed by atoms with Crippen molar-refractivity contribution in [2.75, 3.05) is 13.1 Å². The summed E-state index contributed by atoms with van der Waals surface area (Å²) in [5, 5.41) is 1.16. The van der Waals surface area contributed by atoms with Gasteiger partial charge in [0.05, 0.1) is 10.6 Å². The fraction of sp³-hybridized carbons (Fsp3) is 0.400. The van der Waals surface area contributed by atoms with Crippen LogP contribution in [0.2, 0.25) is 0 Å². The zero-order valence-corrected chi connectivity index (χ0v) is 12.3. The molecule has 20 heavy (non-hydrogen) atoms. The average molecular weight is 287 g/mol. The Bertz CT molecular complexity index is 596. The Hall–Kier alpha value is -1.75. The standard InChI is InChI=1S/C15H17N3OS/c1-11-8-17-14(20-11)13-5-3-7-18(10-13)15(19)12-4-2-6-16-9-12/h2,4,6,8-9,13H,3,5,7,10H2,1H3/t13-/m0/s1. The zero-order valence-electron chi connectivity index (χ0n) is 11.5. The molecule has 0 bridgehead atoms. The molecule has 2 aromatic rings. The minimum absolute atomic E-state index is 0.0797. The van der Waals surface area contributed by atoms with Gasteiger partial charge in [0.1, 0.15) is 0 Å². The molecule has 0 N–H and O–H groups in total. The predicted molar refractivity (Wildman–Crippen MR) is 79.0 cm³/mol. The van der Waals surface area contributed by atoms with Crippen molar-refractivity contribution in [3.8, 4) is 0 Å². The van der Waals surface area contributed by atoms with E-state index < -0.39 is 0 Å². The van der Waals surface area contributed by atoms with Crippen molar-refractivity contribution in [2.24, 2.45) is 0 Å². The lowest BCUT2D eigenvalue weighted by atomic mass is 9.98. The number of amides is 1. The van der Waals surface area contributed by atoms with Gasteiger partial charge in [-0.1, -0.05) is 0 Å². The van der Waals surface area contributed by atoms with Crippen LogP contribution in [0, 0.1) is 6.92 Å². The predicted octanol–water partition coefficient (Wildman–Crippen LogP) is 2.87. The van der Waals surface area contributed by atoms with E-state index in [1.807, 2.05) is 17.2 Å². The minimum Gasteiger partial charge on any atom is -0.338 e. The molecule has 0 aliphatic carbocycles. The molecule has 0 spiro atoms. The number of carbonyl (C=O) groups is 1. The van der Waals surface area contributed by atoms with Crippen molar-refractivity contribution in [1.29, 1.82) is 0 Å². The van der Waals surface area contributed by atoms with Gasteiger partial charge in [-0.15, -0.1) is 11.3 Å². The lowest BCUT2D eigenvalue weighted by Gasteiger charge is -2.31. The first-order chi connectivity index (χ1) is 9.74. The number of aromatic nitrogens is 2. The fourth-order valence-electron chi connectivity index (χ4n) is 2.60. The third-order valence-corrected chi connectivity index (χ3v) is 4.68. The molecule has 3 heterocycles. The summed E-state index contributed by atoms with van der Waals surface area (Å²) in [6, 6.07) is 3.63. The lowest BCUT2D eigenvalue weighted by molar-refractivity contribution is 0.0706. The second-order valence-electron chi connectivity index (χ2n) is 5.14. The molecule has 3 rings (SSSR count). The first-order valence-corrected chi connectivity index (χ1v) is 7.67. The third kappa shape index (κ3) is 2.72. The molecule has 0 radical (unpaired) electrons. The molecule has 1 aliphatic rings. The van der Waals surface area contributed by atoms with Crippen molar-refractivity contribution in [1.82, 2.24) is 14.9 Å². The molecule has 1 saturated heterocycles. The van der Waals surface area contributed by atoms with E-state index in [4.69, 9.17) is 0 Å². The van der Waals surface area contributed by atoms with Crippen LogP contribution < -0.4 is 0 Å². The van der Waals surface area contributed by atoms with E-state index in [2.05, 4.69) is 16.9 Å². The minimum atomic E-state index is 0.0797. The van der Waals surface area contributed by atoms with E-state index >= 15 is 0 Å². The van der Waals surface area contributed by atoms with Crippen LogP contribution in [0.1, 0.15) is 39.0 Å². The molecule has 1 amide bonds. The normalized spacial score (nSPS) is 19.1. The SMILES string of the molecule is Cc1cnc([C@H]2CCCN(C(=O)c3cccnc3)C2)s1. The highest BCUT2D eigenvalue weighted by molar-refractivity contribution is 7.11. The molecular formula is C15H17N3OS. The van der Waals surface area contributed by atoms with Crippen molar-refractivity contribution in [3.05, 3.63) is 46.2 Å². The largest absolute Gasteiger partial charge is 0.338 e. The van der Waals surface area contributed by atoms with E-state index in [-0.39, 0.29) is 5.91 Å². The van der Waals surface area contributed by atoms with E-state index in [9.17, 15) is 4.79 Å². The maximum atomic E-state index is 12.5. The lowest BCUT2D eigenvalue weighted by Crippen LogP contribution is -2.39. The summed E-state index contributed by atoms with van der Waals surface area (Å²) >= 11 is 1.74. The monoisotopic (exact) mass is 287 g/mol. The van der Waals surface area contributed by atoms with Crippen LogP contribution in [0.15, 0.2) is 30.7 Å². The van der Waals surface area contributed by atoms with E-state index in [1.165, 1.54) is 4.88 Å². The van der Waals surface area contributed by atoms with Crippen LogP contribution in [0.4, 0.5) is 0 Å². The zero-order chi connectivity index (χ0) is 13.9. The van der Waals surface area contributed by atoms with Gasteiger partial charge in [-0.25, -0.2) is 4.98 Å². The topological polar surface area (TPSA) is 46.1 Å². The second kappa shape index (κ2) is 5.71. The van der Waals surface area contributed by atoms with E-state index in [1.54, 1.807) is 29.8 Å². The van der Waals surface area contributed by atoms with Crippen LogP contribution in [0.5, 0.6) is 0 Å². The molecule has 1 aliphatic heterocycles. The van der Waals surface area contributed by atoms with Gasteiger partial charge in [-0.05, 0) is 31.9 Å². The van der Waals surface area contributed by atoms with Crippen LogP contribution in [0.25, 0.3) is 0 Å². The maximum Gasteiger partial charge on any atom is 0.255 e. The Morgan fingerprint density at radius 1 is 1.45 bits per heavy atom. The van der Waals surface area contributed by atoms with Crippen LogP contribution in [-0.4, -0.2) is 33.9 Å². The number of aryl methyl sites for hydroxylation is 1. The number of carbonyl (C=O) groups excluding carboxylic acids is 1. The van der Waals surface area contributed by atoms with Gasteiger partial charge in [0, 0.05) is 42.5 Å². The summed E-state index contributed by atoms with van der Waals surface area (Å²) in [4.78, 5) is 24.1. The number of hydrogen-bond acceptors (Lipinski definition) is 4. The molecule has 4 nitrogen and oxygen atoms in total.